The van der Waals surface area contributed by atoms with Crippen molar-refractivity contribution in [3.05, 3.63) is 53.2 Å². The van der Waals surface area contributed by atoms with Crippen molar-refractivity contribution in [3.8, 4) is 0 Å². The number of rotatable bonds is 4. The van der Waals surface area contributed by atoms with E-state index in [9.17, 15) is 0 Å². The van der Waals surface area contributed by atoms with Crippen LogP contribution < -0.4 is 0 Å². The van der Waals surface area contributed by atoms with Gasteiger partial charge in [0.15, 0.2) is 0 Å². The van der Waals surface area contributed by atoms with Gasteiger partial charge in [0.05, 0.1) is 24.1 Å². The minimum absolute atomic E-state index is 0.768. The normalized spacial score (nSPS) is 15.4. The Morgan fingerprint density at radius 1 is 1.17 bits per heavy atom. The van der Waals surface area contributed by atoms with Crippen LogP contribution >= 0.6 is 0 Å². The van der Waals surface area contributed by atoms with Gasteiger partial charge in [-0.1, -0.05) is 5.16 Å². The van der Waals surface area contributed by atoms with Crippen molar-refractivity contribution in [1.82, 2.24) is 29.4 Å². The SMILES string of the molecule is Cc1noc(C)c1CN1CCc2ncc(Cn3cccn3)n2CC1. The molecule has 1 aliphatic rings. The molecule has 3 aromatic heterocycles. The summed E-state index contributed by atoms with van der Waals surface area (Å²) in [5, 5.41) is 8.36. The lowest BCUT2D eigenvalue weighted by Gasteiger charge is -2.19. The van der Waals surface area contributed by atoms with Crippen molar-refractivity contribution in [2.75, 3.05) is 13.1 Å². The predicted molar refractivity (Wildman–Crippen MR) is 88.5 cm³/mol. The van der Waals surface area contributed by atoms with Crippen molar-refractivity contribution in [2.45, 2.75) is 39.9 Å². The van der Waals surface area contributed by atoms with Crippen LogP contribution in [0.25, 0.3) is 0 Å². The molecule has 3 aromatic rings. The van der Waals surface area contributed by atoms with E-state index in [4.69, 9.17) is 4.52 Å². The molecule has 0 fully saturated rings. The first-order valence-corrected chi connectivity index (χ1v) is 8.35. The number of aryl methyl sites for hydroxylation is 2. The van der Waals surface area contributed by atoms with Gasteiger partial charge in [0.2, 0.25) is 0 Å². The zero-order valence-electron chi connectivity index (χ0n) is 14.1. The largest absolute Gasteiger partial charge is 0.361 e. The Balaban J connectivity index is 1.47. The topological polar surface area (TPSA) is 64.9 Å². The molecule has 0 saturated carbocycles. The smallest absolute Gasteiger partial charge is 0.138 e. The Bertz CT molecular complexity index is 797. The van der Waals surface area contributed by atoms with Gasteiger partial charge in [-0.2, -0.15) is 5.10 Å². The van der Waals surface area contributed by atoms with Gasteiger partial charge >= 0.3 is 0 Å². The first kappa shape index (κ1) is 15.1. The van der Waals surface area contributed by atoms with Crippen molar-refractivity contribution in [1.29, 1.82) is 0 Å². The van der Waals surface area contributed by atoms with Crippen LogP contribution in [0.2, 0.25) is 0 Å². The molecule has 4 heterocycles. The monoisotopic (exact) mass is 326 g/mol. The van der Waals surface area contributed by atoms with Crippen molar-refractivity contribution in [2.24, 2.45) is 0 Å². The third kappa shape index (κ3) is 2.87. The number of hydrogen-bond acceptors (Lipinski definition) is 5. The van der Waals surface area contributed by atoms with Crippen molar-refractivity contribution < 1.29 is 4.52 Å². The molecule has 24 heavy (non-hydrogen) atoms. The maximum absolute atomic E-state index is 5.29. The number of nitrogens with zero attached hydrogens (tertiary/aromatic N) is 6. The van der Waals surface area contributed by atoms with Gasteiger partial charge in [0.25, 0.3) is 0 Å². The molecule has 0 bridgehead atoms. The standard InChI is InChI=1S/C17H22N6O/c1-13-16(14(2)24-20-13)12-21-7-4-17-18-10-15(23(17)9-8-21)11-22-6-3-5-19-22/h3,5-6,10H,4,7-9,11-12H2,1-2H3. The van der Waals surface area contributed by atoms with Crippen molar-refractivity contribution >= 4 is 0 Å². The van der Waals surface area contributed by atoms with Gasteiger partial charge < -0.3 is 9.09 Å². The van der Waals surface area contributed by atoms with Crippen LogP contribution in [0, 0.1) is 13.8 Å². The van der Waals surface area contributed by atoms with Gasteiger partial charge in [-0.25, -0.2) is 4.98 Å². The fraction of sp³-hybridized carbons (Fsp3) is 0.471. The Labute approximate surface area is 140 Å². The lowest BCUT2D eigenvalue weighted by Crippen LogP contribution is -2.27. The lowest BCUT2D eigenvalue weighted by atomic mass is 10.2. The number of imidazole rings is 1. The van der Waals surface area contributed by atoms with Crippen molar-refractivity contribution in [3.63, 3.8) is 0 Å². The molecule has 0 N–H and O–H groups in total. The summed E-state index contributed by atoms with van der Waals surface area (Å²) >= 11 is 0. The molecule has 0 aliphatic carbocycles. The second kappa shape index (κ2) is 6.24. The average molecular weight is 326 g/mol. The van der Waals surface area contributed by atoms with Gasteiger partial charge in [0, 0.05) is 50.6 Å². The van der Waals surface area contributed by atoms with Crippen LogP contribution in [0.3, 0.4) is 0 Å². The maximum Gasteiger partial charge on any atom is 0.138 e. The molecule has 7 nitrogen and oxygen atoms in total. The van der Waals surface area contributed by atoms with E-state index in [2.05, 4.69) is 24.7 Å². The van der Waals surface area contributed by atoms with E-state index in [1.807, 2.05) is 43.2 Å². The van der Waals surface area contributed by atoms with E-state index in [0.29, 0.717) is 0 Å². The van der Waals surface area contributed by atoms with Gasteiger partial charge in [0.1, 0.15) is 11.6 Å². The minimum atomic E-state index is 0.768. The molecule has 126 valence electrons. The molecule has 0 atom stereocenters. The van der Waals surface area contributed by atoms with Gasteiger partial charge in [-0.05, 0) is 19.9 Å². The highest BCUT2D eigenvalue weighted by atomic mass is 16.5. The van der Waals surface area contributed by atoms with Crippen LogP contribution in [0.4, 0.5) is 0 Å². The Kier molecular flexibility index (Phi) is 3.93. The van der Waals surface area contributed by atoms with E-state index in [-0.39, 0.29) is 0 Å². The Hall–Kier alpha value is -2.41. The Morgan fingerprint density at radius 3 is 2.83 bits per heavy atom. The highest BCUT2D eigenvalue weighted by molar-refractivity contribution is 5.20. The zero-order valence-corrected chi connectivity index (χ0v) is 14.1. The maximum atomic E-state index is 5.29. The third-order valence-electron chi connectivity index (χ3n) is 4.76. The number of hydrogen-bond donors (Lipinski definition) is 0. The highest BCUT2D eigenvalue weighted by Gasteiger charge is 2.20. The molecule has 4 rings (SSSR count). The summed E-state index contributed by atoms with van der Waals surface area (Å²) in [6.07, 6.45) is 6.74. The summed E-state index contributed by atoms with van der Waals surface area (Å²) < 4.78 is 9.57. The van der Waals surface area contributed by atoms with Crippen LogP contribution in [-0.4, -0.2) is 42.5 Å². The molecule has 0 spiro atoms. The van der Waals surface area contributed by atoms with Crippen LogP contribution in [0.1, 0.15) is 28.5 Å². The second-order valence-electron chi connectivity index (χ2n) is 6.35. The number of fused-ring (bicyclic) bond motifs is 1. The van der Waals surface area contributed by atoms with E-state index in [1.54, 1.807) is 0 Å². The minimum Gasteiger partial charge on any atom is -0.361 e. The molecule has 0 saturated heterocycles. The molecule has 0 aromatic carbocycles. The second-order valence-corrected chi connectivity index (χ2v) is 6.35. The zero-order chi connectivity index (χ0) is 16.5. The van der Waals surface area contributed by atoms with Gasteiger partial charge in [-0.15, -0.1) is 0 Å². The number of aromatic nitrogens is 5. The fourth-order valence-corrected chi connectivity index (χ4v) is 3.33. The average Bonchev–Trinajstić information content (AvgIpc) is 3.25. The molecule has 0 amide bonds. The van der Waals surface area contributed by atoms with E-state index < -0.39 is 0 Å². The molecule has 1 aliphatic heterocycles. The summed E-state index contributed by atoms with van der Waals surface area (Å²) in [7, 11) is 0. The predicted octanol–water partition coefficient (Wildman–Crippen LogP) is 1.79. The summed E-state index contributed by atoms with van der Waals surface area (Å²) in [6.45, 7) is 8.61. The van der Waals surface area contributed by atoms with Crippen LogP contribution in [-0.2, 0) is 26.1 Å². The van der Waals surface area contributed by atoms with Crippen LogP contribution in [0.15, 0.2) is 29.2 Å². The summed E-state index contributed by atoms with van der Waals surface area (Å²) in [5.41, 5.74) is 3.42. The highest BCUT2D eigenvalue weighted by Crippen LogP contribution is 2.18. The quantitative estimate of drug-likeness (QED) is 0.731. The molecule has 0 radical (unpaired) electrons. The fourth-order valence-electron chi connectivity index (χ4n) is 3.33. The first-order chi connectivity index (χ1) is 11.7. The lowest BCUT2D eigenvalue weighted by molar-refractivity contribution is 0.268. The van der Waals surface area contributed by atoms with E-state index in [0.717, 1.165) is 50.6 Å². The molecular weight excluding hydrogens is 304 g/mol. The van der Waals surface area contributed by atoms with Crippen LogP contribution in [0.5, 0.6) is 0 Å². The summed E-state index contributed by atoms with van der Waals surface area (Å²) in [4.78, 5) is 7.09. The van der Waals surface area contributed by atoms with Gasteiger partial charge in [-0.3, -0.25) is 9.58 Å². The summed E-state index contributed by atoms with van der Waals surface area (Å²) in [6, 6.07) is 1.95. The Morgan fingerprint density at radius 2 is 2.08 bits per heavy atom. The molecular formula is C17H22N6O. The van der Waals surface area contributed by atoms with E-state index in [1.165, 1.54) is 17.1 Å². The molecule has 0 unspecified atom stereocenters. The first-order valence-electron chi connectivity index (χ1n) is 8.35. The third-order valence-corrected chi connectivity index (χ3v) is 4.76. The van der Waals surface area contributed by atoms with E-state index >= 15 is 0 Å². The summed E-state index contributed by atoms with van der Waals surface area (Å²) in [5.74, 6) is 2.09. The molecule has 7 heteroatoms.